The molecule has 1 aliphatic rings. The average Bonchev–Trinajstić information content (AvgIpc) is 3.06. The van der Waals surface area contributed by atoms with Gasteiger partial charge < -0.3 is 0 Å². The van der Waals surface area contributed by atoms with Gasteiger partial charge in [-0.25, -0.2) is 22.0 Å². The first-order valence-corrected chi connectivity index (χ1v) is 9.21. The molecule has 0 heterocycles. The molecule has 0 spiro atoms. The van der Waals surface area contributed by atoms with Gasteiger partial charge in [-0.1, -0.05) is 24.3 Å². The molecule has 0 N–H and O–H groups in total. The summed E-state index contributed by atoms with van der Waals surface area (Å²) >= 11 is 0. The lowest BCUT2D eigenvalue weighted by Crippen LogP contribution is -2.00. The molecule has 0 bridgehead atoms. The molecule has 3 aromatic rings. The Bertz CT molecular complexity index is 1160. The van der Waals surface area contributed by atoms with Crippen molar-refractivity contribution in [1.29, 1.82) is 0 Å². The summed E-state index contributed by atoms with van der Waals surface area (Å²) < 4.78 is 72.9. The lowest BCUT2D eigenvalue weighted by Gasteiger charge is -2.12. The van der Waals surface area contributed by atoms with Crippen LogP contribution in [0.15, 0.2) is 43.0 Å². The molecule has 0 fully saturated rings. The van der Waals surface area contributed by atoms with Crippen LogP contribution in [0.25, 0.3) is 22.3 Å². The predicted molar refractivity (Wildman–Crippen MR) is 103 cm³/mol. The van der Waals surface area contributed by atoms with Gasteiger partial charge in [0.1, 0.15) is 5.82 Å². The molecule has 0 aromatic heterocycles. The third kappa shape index (κ3) is 3.05. The van der Waals surface area contributed by atoms with E-state index in [9.17, 15) is 22.0 Å². The molecular formula is C24H17F5. The summed E-state index contributed by atoms with van der Waals surface area (Å²) in [6.07, 6.45) is 3.08. The van der Waals surface area contributed by atoms with E-state index >= 15 is 0 Å². The predicted octanol–water partition coefficient (Wildman–Crippen LogP) is 7.05. The highest BCUT2D eigenvalue weighted by Crippen LogP contribution is 2.44. The van der Waals surface area contributed by atoms with E-state index < -0.39 is 29.1 Å². The van der Waals surface area contributed by atoms with Crippen LogP contribution in [0.2, 0.25) is 0 Å². The van der Waals surface area contributed by atoms with Crippen molar-refractivity contribution in [3.8, 4) is 22.3 Å². The van der Waals surface area contributed by atoms with Crippen molar-refractivity contribution in [2.75, 3.05) is 0 Å². The fourth-order valence-corrected chi connectivity index (χ4v) is 3.92. The van der Waals surface area contributed by atoms with Crippen molar-refractivity contribution in [2.24, 2.45) is 0 Å². The molecule has 0 saturated carbocycles. The largest absolute Gasteiger partial charge is 0.206 e. The minimum atomic E-state index is -1.30. The van der Waals surface area contributed by atoms with Gasteiger partial charge in [-0.15, -0.1) is 6.58 Å². The molecular weight excluding hydrogens is 383 g/mol. The highest BCUT2D eigenvalue weighted by atomic mass is 19.2. The zero-order chi connectivity index (χ0) is 20.9. The second-order valence-corrected chi connectivity index (χ2v) is 7.26. The molecule has 0 radical (unpaired) electrons. The number of aryl methyl sites for hydroxylation is 2. The fraction of sp³-hybridized carbons (Fsp3) is 0.167. The molecule has 0 amide bonds. The number of allylic oxidation sites excluding steroid dienone is 1. The Kier molecular flexibility index (Phi) is 4.77. The zero-order valence-corrected chi connectivity index (χ0v) is 15.7. The van der Waals surface area contributed by atoms with Crippen molar-refractivity contribution < 1.29 is 22.0 Å². The Morgan fingerprint density at radius 3 is 2.14 bits per heavy atom. The molecule has 148 valence electrons. The summed E-state index contributed by atoms with van der Waals surface area (Å²) in [5.74, 6) is -5.53. The molecule has 0 saturated heterocycles. The van der Waals surface area contributed by atoms with Crippen molar-refractivity contribution in [1.82, 2.24) is 0 Å². The molecule has 0 nitrogen and oxygen atoms in total. The Labute approximate surface area is 165 Å². The van der Waals surface area contributed by atoms with E-state index in [2.05, 4.69) is 6.58 Å². The van der Waals surface area contributed by atoms with Gasteiger partial charge >= 0.3 is 0 Å². The number of hydrogen-bond donors (Lipinski definition) is 0. The van der Waals surface area contributed by atoms with Crippen LogP contribution in [0, 0.1) is 36.0 Å². The van der Waals surface area contributed by atoms with Gasteiger partial charge in [0.2, 0.25) is 0 Å². The maximum atomic E-state index is 14.9. The minimum Gasteiger partial charge on any atom is -0.206 e. The molecule has 0 aliphatic heterocycles. The van der Waals surface area contributed by atoms with Crippen LogP contribution in [-0.4, -0.2) is 0 Å². The van der Waals surface area contributed by atoms with Crippen LogP contribution >= 0.6 is 0 Å². The number of halogens is 5. The summed E-state index contributed by atoms with van der Waals surface area (Å²) in [6.45, 7) is 5.03. The third-order valence-electron chi connectivity index (χ3n) is 5.35. The van der Waals surface area contributed by atoms with Crippen LogP contribution in [0.5, 0.6) is 0 Å². The maximum Gasteiger partial charge on any atom is 0.167 e. The molecule has 29 heavy (non-hydrogen) atoms. The third-order valence-corrected chi connectivity index (χ3v) is 5.35. The zero-order valence-electron chi connectivity index (χ0n) is 15.7. The van der Waals surface area contributed by atoms with Crippen LogP contribution < -0.4 is 0 Å². The number of rotatable bonds is 4. The van der Waals surface area contributed by atoms with Crippen LogP contribution in [0.4, 0.5) is 22.0 Å². The van der Waals surface area contributed by atoms with Gasteiger partial charge in [-0.05, 0) is 60.6 Å². The Morgan fingerprint density at radius 1 is 0.828 bits per heavy atom. The summed E-state index contributed by atoms with van der Waals surface area (Å²) in [5.41, 5.74) is 0.627. The molecule has 0 unspecified atom stereocenters. The quantitative estimate of drug-likeness (QED) is 0.254. The number of benzene rings is 3. The maximum absolute atomic E-state index is 14.9. The van der Waals surface area contributed by atoms with Gasteiger partial charge in [0.05, 0.1) is 0 Å². The summed E-state index contributed by atoms with van der Waals surface area (Å²) in [6, 6.07) is 7.10. The fourth-order valence-electron chi connectivity index (χ4n) is 3.92. The first kappa shape index (κ1) is 19.4. The minimum absolute atomic E-state index is 0.0784. The number of hydrogen-bond acceptors (Lipinski definition) is 0. The number of fused-ring (bicyclic) bond motifs is 3. The smallest absolute Gasteiger partial charge is 0.167 e. The monoisotopic (exact) mass is 400 g/mol. The van der Waals surface area contributed by atoms with E-state index in [-0.39, 0.29) is 34.2 Å². The Morgan fingerprint density at radius 2 is 1.48 bits per heavy atom. The van der Waals surface area contributed by atoms with Crippen molar-refractivity contribution in [2.45, 2.75) is 26.2 Å². The van der Waals surface area contributed by atoms with Crippen LogP contribution in [0.3, 0.4) is 0 Å². The van der Waals surface area contributed by atoms with E-state index in [1.807, 2.05) is 0 Å². The molecule has 4 rings (SSSR count). The first-order chi connectivity index (χ1) is 13.8. The van der Waals surface area contributed by atoms with Gasteiger partial charge in [-0.3, -0.25) is 0 Å². The van der Waals surface area contributed by atoms with Gasteiger partial charge in [0, 0.05) is 22.3 Å². The Hall–Kier alpha value is -2.95. The molecule has 1 aliphatic carbocycles. The normalized spacial score (nSPS) is 12.1. The van der Waals surface area contributed by atoms with Gasteiger partial charge in [-0.2, -0.15) is 0 Å². The highest BCUT2D eigenvalue weighted by molar-refractivity contribution is 5.82. The van der Waals surface area contributed by atoms with E-state index in [1.165, 1.54) is 31.2 Å². The molecule has 5 heteroatoms. The van der Waals surface area contributed by atoms with E-state index in [0.29, 0.717) is 29.5 Å². The van der Waals surface area contributed by atoms with E-state index in [4.69, 9.17) is 0 Å². The summed E-state index contributed by atoms with van der Waals surface area (Å²) in [7, 11) is 0. The lowest BCUT2D eigenvalue weighted by atomic mass is 9.95. The van der Waals surface area contributed by atoms with Crippen LogP contribution in [-0.2, 0) is 12.8 Å². The van der Waals surface area contributed by atoms with E-state index in [0.717, 1.165) is 0 Å². The highest BCUT2D eigenvalue weighted by Gasteiger charge is 2.32. The first-order valence-electron chi connectivity index (χ1n) is 9.21. The van der Waals surface area contributed by atoms with E-state index in [1.54, 1.807) is 12.1 Å². The van der Waals surface area contributed by atoms with Crippen molar-refractivity contribution in [3.05, 3.63) is 94.3 Å². The SMILES string of the molecule is C=CCCc1ccc(-c2cc3c(c(F)c2F)-c2c(cc(C)c(F)c2F)C3)c(F)c1. The Balaban J connectivity index is 1.86. The summed E-state index contributed by atoms with van der Waals surface area (Å²) in [5, 5.41) is 0. The van der Waals surface area contributed by atoms with Crippen molar-refractivity contribution in [3.63, 3.8) is 0 Å². The topological polar surface area (TPSA) is 0 Å². The summed E-state index contributed by atoms with van der Waals surface area (Å²) in [4.78, 5) is 0. The second kappa shape index (κ2) is 7.14. The van der Waals surface area contributed by atoms with Gasteiger partial charge in [0.15, 0.2) is 23.3 Å². The molecule has 0 atom stereocenters. The van der Waals surface area contributed by atoms with Crippen LogP contribution in [0.1, 0.15) is 28.7 Å². The van der Waals surface area contributed by atoms with Gasteiger partial charge in [0.25, 0.3) is 0 Å². The standard InChI is InChI=1S/C24H17F5/c1-3-4-5-13-6-7-16(18(25)9-13)17-11-15-10-14-8-12(2)21(26)23(28)19(14)20(15)24(29)22(17)27/h3,6-9,11H,1,4-5,10H2,2H3. The van der Waals surface area contributed by atoms with Crippen molar-refractivity contribution >= 4 is 0 Å². The average molecular weight is 400 g/mol. The second-order valence-electron chi connectivity index (χ2n) is 7.26. The lowest BCUT2D eigenvalue weighted by molar-refractivity contribution is 0.499. The molecule has 3 aromatic carbocycles.